The van der Waals surface area contributed by atoms with E-state index in [1.54, 1.807) is 16.8 Å². The average Bonchev–Trinajstić information content (AvgIpc) is 2.76. The van der Waals surface area contributed by atoms with Crippen molar-refractivity contribution >= 4 is 23.5 Å². The number of aromatic nitrogens is 2. The Morgan fingerprint density at radius 1 is 1.30 bits per heavy atom. The van der Waals surface area contributed by atoms with Crippen LogP contribution in [0.1, 0.15) is 23.9 Å². The van der Waals surface area contributed by atoms with Crippen molar-refractivity contribution in [2.24, 2.45) is 0 Å². The van der Waals surface area contributed by atoms with Crippen molar-refractivity contribution in [2.75, 3.05) is 0 Å². The van der Waals surface area contributed by atoms with E-state index in [0.717, 1.165) is 22.6 Å². The molecule has 2 aromatic rings. The summed E-state index contributed by atoms with van der Waals surface area (Å²) in [5.74, 6) is -1.41. The van der Waals surface area contributed by atoms with E-state index < -0.39 is 12.0 Å². The van der Waals surface area contributed by atoms with Gasteiger partial charge in [-0.2, -0.15) is 5.10 Å². The third-order valence-corrected chi connectivity index (χ3v) is 3.85. The summed E-state index contributed by atoms with van der Waals surface area (Å²) in [6, 6.07) is 6.31. The summed E-state index contributed by atoms with van der Waals surface area (Å²) < 4.78 is 1.74. The summed E-state index contributed by atoms with van der Waals surface area (Å²) in [7, 11) is 0. The molecule has 0 aliphatic rings. The molecule has 1 atom stereocenters. The molecule has 0 radical (unpaired) electrons. The zero-order valence-corrected chi connectivity index (χ0v) is 13.9. The van der Waals surface area contributed by atoms with Crippen LogP contribution in [0.4, 0.5) is 0 Å². The first kappa shape index (κ1) is 17.0. The smallest absolute Gasteiger partial charge is 0.325 e. The lowest BCUT2D eigenvalue weighted by atomic mass is 10.1. The zero-order valence-electron chi connectivity index (χ0n) is 13.1. The molecule has 1 aromatic carbocycles. The standard InChI is InChI=1S/C16H18ClN3O3/c1-9-14(8-15(21)18-10(2)16(22)23)11(3)20(19-9)13-6-4-12(17)5-7-13/h4-7,10H,8H2,1-3H3,(H,18,21)(H,22,23)/t10-/m0/s1. The summed E-state index contributed by atoms with van der Waals surface area (Å²) in [5.41, 5.74) is 3.20. The van der Waals surface area contributed by atoms with Crippen molar-refractivity contribution in [1.82, 2.24) is 15.1 Å². The number of aliphatic carboxylic acids is 1. The van der Waals surface area contributed by atoms with Gasteiger partial charge in [0.1, 0.15) is 6.04 Å². The Hall–Kier alpha value is -2.34. The molecule has 7 heteroatoms. The number of hydrogen-bond donors (Lipinski definition) is 2. The highest BCUT2D eigenvalue weighted by atomic mass is 35.5. The number of halogens is 1. The predicted octanol–water partition coefficient (Wildman–Crippen LogP) is 2.27. The zero-order chi connectivity index (χ0) is 17.1. The molecule has 0 spiro atoms. The predicted molar refractivity (Wildman–Crippen MR) is 87.0 cm³/mol. The van der Waals surface area contributed by atoms with Gasteiger partial charge in [0.15, 0.2) is 0 Å². The van der Waals surface area contributed by atoms with Crippen LogP contribution in [0.2, 0.25) is 5.02 Å². The molecule has 2 rings (SSSR count). The van der Waals surface area contributed by atoms with Crippen LogP contribution in [0.3, 0.4) is 0 Å². The molecule has 23 heavy (non-hydrogen) atoms. The van der Waals surface area contributed by atoms with Gasteiger partial charge in [-0.15, -0.1) is 0 Å². The number of carboxylic acid groups (broad SMARTS) is 1. The van der Waals surface area contributed by atoms with Crippen molar-refractivity contribution in [3.63, 3.8) is 0 Å². The van der Waals surface area contributed by atoms with E-state index in [-0.39, 0.29) is 12.3 Å². The molecule has 0 fully saturated rings. The normalized spacial score (nSPS) is 12.0. The maximum Gasteiger partial charge on any atom is 0.325 e. The van der Waals surface area contributed by atoms with Gasteiger partial charge in [-0.3, -0.25) is 9.59 Å². The summed E-state index contributed by atoms with van der Waals surface area (Å²) in [4.78, 5) is 22.8. The fraction of sp³-hybridized carbons (Fsp3) is 0.312. The minimum atomic E-state index is -1.07. The molecule has 0 aliphatic heterocycles. The van der Waals surface area contributed by atoms with Crippen molar-refractivity contribution < 1.29 is 14.7 Å². The van der Waals surface area contributed by atoms with Gasteiger partial charge in [0.2, 0.25) is 5.91 Å². The number of nitrogens with zero attached hydrogens (tertiary/aromatic N) is 2. The minimum Gasteiger partial charge on any atom is -0.480 e. The topological polar surface area (TPSA) is 84.2 Å². The van der Waals surface area contributed by atoms with Crippen molar-refractivity contribution in [3.05, 3.63) is 46.2 Å². The van der Waals surface area contributed by atoms with E-state index >= 15 is 0 Å². The second-order valence-corrected chi connectivity index (χ2v) is 5.78. The molecule has 0 bridgehead atoms. The van der Waals surface area contributed by atoms with Crippen molar-refractivity contribution in [1.29, 1.82) is 0 Å². The van der Waals surface area contributed by atoms with Crippen molar-refractivity contribution in [3.8, 4) is 5.69 Å². The number of carboxylic acids is 1. The first-order valence-electron chi connectivity index (χ1n) is 7.12. The first-order chi connectivity index (χ1) is 10.8. The lowest BCUT2D eigenvalue weighted by molar-refractivity contribution is -0.141. The van der Waals surface area contributed by atoms with E-state index in [9.17, 15) is 9.59 Å². The van der Waals surface area contributed by atoms with Crippen molar-refractivity contribution in [2.45, 2.75) is 33.2 Å². The van der Waals surface area contributed by atoms with Crippen LogP contribution >= 0.6 is 11.6 Å². The Kier molecular flexibility index (Phi) is 5.05. The quantitative estimate of drug-likeness (QED) is 0.878. The summed E-state index contributed by atoms with van der Waals surface area (Å²) in [6.45, 7) is 5.12. The number of carbonyl (C=O) groups is 2. The van der Waals surface area contributed by atoms with Crippen LogP contribution in [0.25, 0.3) is 5.69 Å². The Morgan fingerprint density at radius 3 is 2.48 bits per heavy atom. The number of rotatable bonds is 5. The number of benzene rings is 1. The monoisotopic (exact) mass is 335 g/mol. The molecule has 1 heterocycles. The van der Waals surface area contributed by atoms with Gasteiger partial charge in [0.25, 0.3) is 0 Å². The lowest BCUT2D eigenvalue weighted by Gasteiger charge is -2.09. The molecule has 2 N–H and O–H groups in total. The molecule has 6 nitrogen and oxygen atoms in total. The van der Waals surface area contributed by atoms with E-state index in [1.807, 2.05) is 26.0 Å². The molecule has 1 amide bonds. The van der Waals surface area contributed by atoms with E-state index in [0.29, 0.717) is 5.02 Å². The maximum absolute atomic E-state index is 12.0. The fourth-order valence-corrected chi connectivity index (χ4v) is 2.41. The number of amides is 1. The molecular formula is C16H18ClN3O3. The molecular weight excluding hydrogens is 318 g/mol. The van der Waals surface area contributed by atoms with Crippen LogP contribution in [0, 0.1) is 13.8 Å². The summed E-state index contributed by atoms with van der Waals surface area (Å²) >= 11 is 5.89. The van der Waals surface area contributed by atoms with Crippen LogP contribution in [0.15, 0.2) is 24.3 Å². The second-order valence-electron chi connectivity index (χ2n) is 5.34. The lowest BCUT2D eigenvalue weighted by Crippen LogP contribution is -2.39. The largest absolute Gasteiger partial charge is 0.480 e. The van der Waals surface area contributed by atoms with Gasteiger partial charge in [-0.1, -0.05) is 11.6 Å². The minimum absolute atomic E-state index is 0.0862. The number of nitrogens with one attached hydrogen (secondary N) is 1. The molecule has 0 saturated carbocycles. The molecule has 1 aromatic heterocycles. The highest BCUT2D eigenvalue weighted by Gasteiger charge is 2.19. The van der Waals surface area contributed by atoms with Gasteiger partial charge in [0.05, 0.1) is 17.8 Å². The highest BCUT2D eigenvalue weighted by Crippen LogP contribution is 2.20. The third-order valence-electron chi connectivity index (χ3n) is 3.60. The molecule has 0 aliphatic carbocycles. The molecule has 122 valence electrons. The van der Waals surface area contributed by atoms with E-state index in [2.05, 4.69) is 10.4 Å². The maximum atomic E-state index is 12.0. The summed E-state index contributed by atoms with van der Waals surface area (Å²) in [6.07, 6.45) is 0.0862. The molecule has 0 unspecified atom stereocenters. The van der Waals surface area contributed by atoms with Crippen LogP contribution < -0.4 is 5.32 Å². The Bertz CT molecular complexity index is 738. The van der Waals surface area contributed by atoms with Crippen LogP contribution in [-0.4, -0.2) is 32.8 Å². The number of hydrogen-bond acceptors (Lipinski definition) is 3. The second kappa shape index (κ2) is 6.83. The molecule has 0 saturated heterocycles. The van der Waals surface area contributed by atoms with E-state index in [4.69, 9.17) is 16.7 Å². The van der Waals surface area contributed by atoms with E-state index in [1.165, 1.54) is 6.92 Å². The summed E-state index contributed by atoms with van der Waals surface area (Å²) in [5, 5.41) is 16.4. The van der Waals surface area contributed by atoms with Gasteiger partial charge >= 0.3 is 5.97 Å². The van der Waals surface area contributed by atoms with Gasteiger partial charge < -0.3 is 10.4 Å². The van der Waals surface area contributed by atoms with Crippen LogP contribution in [0.5, 0.6) is 0 Å². The van der Waals surface area contributed by atoms with Crippen LogP contribution in [-0.2, 0) is 16.0 Å². The Labute approximate surface area is 139 Å². The SMILES string of the molecule is Cc1nn(-c2ccc(Cl)cc2)c(C)c1CC(=O)N[C@@H](C)C(=O)O. The van der Waals surface area contributed by atoms with Gasteiger partial charge in [-0.05, 0) is 45.0 Å². The number of aryl methyl sites for hydroxylation is 1. The number of carbonyl (C=O) groups excluding carboxylic acids is 1. The Morgan fingerprint density at radius 2 is 1.91 bits per heavy atom. The third kappa shape index (κ3) is 3.90. The highest BCUT2D eigenvalue weighted by molar-refractivity contribution is 6.30. The first-order valence-corrected chi connectivity index (χ1v) is 7.50. The van der Waals surface area contributed by atoms with Gasteiger partial charge in [0, 0.05) is 16.3 Å². The average molecular weight is 336 g/mol. The van der Waals surface area contributed by atoms with Gasteiger partial charge in [-0.25, -0.2) is 4.68 Å². The fourth-order valence-electron chi connectivity index (χ4n) is 2.28. The Balaban J connectivity index is 2.22.